The summed E-state index contributed by atoms with van der Waals surface area (Å²) in [7, 11) is -3.61. The number of anilines is 2. The number of benzene rings is 2. The van der Waals surface area contributed by atoms with Gasteiger partial charge in [-0.2, -0.15) is 0 Å². The number of amides is 2. The van der Waals surface area contributed by atoms with Gasteiger partial charge >= 0.3 is 0 Å². The van der Waals surface area contributed by atoms with Crippen LogP contribution in [0.15, 0.2) is 64.2 Å². The van der Waals surface area contributed by atoms with E-state index in [1.165, 1.54) is 6.07 Å². The van der Waals surface area contributed by atoms with E-state index in [1.54, 1.807) is 53.9 Å². The lowest BCUT2D eigenvalue weighted by molar-refractivity contribution is -0.115. The van der Waals surface area contributed by atoms with Crippen molar-refractivity contribution >= 4 is 44.5 Å². The average Bonchev–Trinajstić information content (AvgIpc) is 3.27. The first-order valence-electron chi connectivity index (χ1n) is 9.62. The van der Waals surface area contributed by atoms with E-state index in [0.29, 0.717) is 23.5 Å². The zero-order valence-electron chi connectivity index (χ0n) is 17.1. The molecule has 2 amide bonds. The molecule has 3 N–H and O–H groups in total. The van der Waals surface area contributed by atoms with Crippen molar-refractivity contribution < 1.29 is 18.0 Å². The molecule has 0 bridgehead atoms. The number of hydrogen-bond acceptors (Lipinski definition) is 5. The lowest BCUT2D eigenvalue weighted by atomic mass is 10.1. The molecule has 0 saturated carbocycles. The highest BCUT2D eigenvalue weighted by Crippen LogP contribution is 2.21. The molecule has 1 aromatic heterocycles. The van der Waals surface area contributed by atoms with Crippen LogP contribution in [0.2, 0.25) is 0 Å². The predicted molar refractivity (Wildman–Crippen MR) is 123 cm³/mol. The molecule has 0 radical (unpaired) electrons. The number of nitrogens with one attached hydrogen (secondary N) is 3. The van der Waals surface area contributed by atoms with Crippen LogP contribution in [-0.4, -0.2) is 26.8 Å². The van der Waals surface area contributed by atoms with Gasteiger partial charge in [0.1, 0.15) is 4.21 Å². The summed E-state index contributed by atoms with van der Waals surface area (Å²) in [5.41, 5.74) is 3.05. The summed E-state index contributed by atoms with van der Waals surface area (Å²) in [4.78, 5) is 24.5. The van der Waals surface area contributed by atoms with Crippen LogP contribution >= 0.6 is 11.3 Å². The molecule has 2 aromatic carbocycles. The quantitative estimate of drug-likeness (QED) is 0.479. The second kappa shape index (κ2) is 9.76. The minimum atomic E-state index is -3.61. The summed E-state index contributed by atoms with van der Waals surface area (Å²) in [6.07, 6.45) is 0.114. The summed E-state index contributed by atoms with van der Waals surface area (Å²) in [6.45, 7) is 4.21. The molecule has 0 fully saturated rings. The van der Waals surface area contributed by atoms with Crippen molar-refractivity contribution in [2.75, 3.05) is 16.6 Å². The first-order valence-corrected chi connectivity index (χ1v) is 12.0. The number of aryl methyl sites for hydroxylation is 1. The molecule has 0 aliphatic carbocycles. The molecular weight excluding hydrogens is 434 g/mol. The molecule has 0 aliphatic heterocycles. The van der Waals surface area contributed by atoms with E-state index < -0.39 is 10.0 Å². The predicted octanol–water partition coefficient (Wildman–Crippen LogP) is 3.79. The van der Waals surface area contributed by atoms with Gasteiger partial charge in [0.2, 0.25) is 5.91 Å². The third kappa shape index (κ3) is 5.93. The van der Waals surface area contributed by atoms with Crippen molar-refractivity contribution in [3.8, 4) is 0 Å². The molecule has 0 spiro atoms. The van der Waals surface area contributed by atoms with Gasteiger partial charge in [-0.15, -0.1) is 11.3 Å². The van der Waals surface area contributed by atoms with Crippen molar-refractivity contribution in [3.05, 3.63) is 76.7 Å². The normalized spacial score (nSPS) is 11.0. The Kier molecular flexibility index (Phi) is 7.09. The molecule has 9 heteroatoms. The molecule has 0 unspecified atom stereocenters. The third-order valence-electron chi connectivity index (χ3n) is 4.44. The summed E-state index contributed by atoms with van der Waals surface area (Å²) in [5.74, 6) is -0.429. The molecule has 3 aromatic rings. The Bertz CT molecular complexity index is 1170. The van der Waals surface area contributed by atoms with Crippen LogP contribution in [0.5, 0.6) is 0 Å². The molecule has 31 heavy (non-hydrogen) atoms. The van der Waals surface area contributed by atoms with Gasteiger partial charge in [-0.25, -0.2) is 8.42 Å². The number of rotatable bonds is 8. The van der Waals surface area contributed by atoms with E-state index in [4.69, 9.17) is 0 Å². The number of hydrogen-bond donors (Lipinski definition) is 3. The standard InChI is InChI=1S/C22H23N3O4S2/c1-3-23-22(27)17-9-6-15(2)19(14-17)24-20(26)13-16-7-10-18(11-8-16)25-31(28,29)21-5-4-12-30-21/h4-12,14,25H,3,13H2,1-2H3,(H,23,27)(H,24,26). The molecule has 1 heterocycles. The van der Waals surface area contributed by atoms with E-state index in [9.17, 15) is 18.0 Å². The van der Waals surface area contributed by atoms with Gasteiger partial charge in [-0.3, -0.25) is 14.3 Å². The van der Waals surface area contributed by atoms with Gasteiger partial charge in [0.25, 0.3) is 15.9 Å². The monoisotopic (exact) mass is 457 g/mol. The first-order chi connectivity index (χ1) is 14.8. The highest BCUT2D eigenvalue weighted by Gasteiger charge is 2.15. The number of thiophene rings is 1. The smallest absolute Gasteiger partial charge is 0.271 e. The Labute approximate surface area is 185 Å². The van der Waals surface area contributed by atoms with Gasteiger partial charge < -0.3 is 10.6 Å². The van der Waals surface area contributed by atoms with Crippen LogP contribution in [0.3, 0.4) is 0 Å². The number of sulfonamides is 1. The minimum absolute atomic E-state index is 0.114. The Balaban J connectivity index is 1.64. The van der Waals surface area contributed by atoms with Crippen molar-refractivity contribution in [1.82, 2.24) is 5.32 Å². The van der Waals surface area contributed by atoms with E-state index in [-0.39, 0.29) is 22.4 Å². The average molecular weight is 458 g/mol. The largest absolute Gasteiger partial charge is 0.352 e. The lowest BCUT2D eigenvalue weighted by Gasteiger charge is -2.11. The number of carbonyl (C=O) groups excluding carboxylic acids is 2. The van der Waals surface area contributed by atoms with E-state index in [1.807, 2.05) is 13.8 Å². The molecule has 0 aliphatic rings. The topological polar surface area (TPSA) is 104 Å². The third-order valence-corrected chi connectivity index (χ3v) is 7.22. The maximum absolute atomic E-state index is 12.5. The first kappa shape index (κ1) is 22.5. The zero-order valence-corrected chi connectivity index (χ0v) is 18.8. The second-order valence-corrected chi connectivity index (χ2v) is 9.71. The van der Waals surface area contributed by atoms with E-state index in [0.717, 1.165) is 22.5 Å². The van der Waals surface area contributed by atoms with Gasteiger partial charge in [0.05, 0.1) is 6.42 Å². The fourth-order valence-electron chi connectivity index (χ4n) is 2.85. The Morgan fingerprint density at radius 2 is 1.77 bits per heavy atom. The maximum Gasteiger partial charge on any atom is 0.271 e. The Morgan fingerprint density at radius 1 is 1.03 bits per heavy atom. The molecule has 0 saturated heterocycles. The molecule has 0 atom stereocenters. The molecule has 162 valence electrons. The van der Waals surface area contributed by atoms with Crippen molar-refractivity contribution in [2.24, 2.45) is 0 Å². The van der Waals surface area contributed by atoms with Crippen LogP contribution in [-0.2, 0) is 21.2 Å². The van der Waals surface area contributed by atoms with Crippen molar-refractivity contribution in [1.29, 1.82) is 0 Å². The summed E-state index contributed by atoms with van der Waals surface area (Å²) in [5, 5.41) is 7.27. The minimum Gasteiger partial charge on any atom is -0.352 e. The number of carbonyl (C=O) groups is 2. The SMILES string of the molecule is CCNC(=O)c1ccc(C)c(NC(=O)Cc2ccc(NS(=O)(=O)c3cccs3)cc2)c1. The van der Waals surface area contributed by atoms with Gasteiger partial charge in [-0.05, 0) is 60.7 Å². The summed E-state index contributed by atoms with van der Waals surface area (Å²) in [6, 6.07) is 15.0. The Hall–Kier alpha value is -3.17. The fourth-order valence-corrected chi connectivity index (χ4v) is 4.90. The van der Waals surface area contributed by atoms with Crippen LogP contribution in [0, 0.1) is 6.92 Å². The van der Waals surface area contributed by atoms with Crippen LogP contribution in [0.1, 0.15) is 28.4 Å². The fraction of sp³-hybridized carbons (Fsp3) is 0.182. The highest BCUT2D eigenvalue weighted by molar-refractivity contribution is 7.94. The summed E-state index contributed by atoms with van der Waals surface area (Å²) >= 11 is 1.14. The van der Waals surface area contributed by atoms with Crippen molar-refractivity contribution in [2.45, 2.75) is 24.5 Å². The van der Waals surface area contributed by atoms with E-state index in [2.05, 4.69) is 15.4 Å². The van der Waals surface area contributed by atoms with Crippen LogP contribution < -0.4 is 15.4 Å². The molecule has 7 nitrogen and oxygen atoms in total. The van der Waals surface area contributed by atoms with Gasteiger partial charge in [0.15, 0.2) is 0 Å². The summed E-state index contributed by atoms with van der Waals surface area (Å²) < 4.78 is 27.3. The van der Waals surface area contributed by atoms with Gasteiger partial charge in [0, 0.05) is 23.5 Å². The van der Waals surface area contributed by atoms with Gasteiger partial charge in [-0.1, -0.05) is 24.3 Å². The van der Waals surface area contributed by atoms with Crippen LogP contribution in [0.4, 0.5) is 11.4 Å². The maximum atomic E-state index is 12.5. The Morgan fingerprint density at radius 3 is 2.42 bits per heavy atom. The highest BCUT2D eigenvalue weighted by atomic mass is 32.2. The molecular formula is C22H23N3O4S2. The zero-order chi connectivity index (χ0) is 22.4. The second-order valence-electron chi connectivity index (χ2n) is 6.85. The lowest BCUT2D eigenvalue weighted by Crippen LogP contribution is -2.23. The molecule has 3 rings (SSSR count). The van der Waals surface area contributed by atoms with Crippen LogP contribution in [0.25, 0.3) is 0 Å². The van der Waals surface area contributed by atoms with E-state index >= 15 is 0 Å². The van der Waals surface area contributed by atoms with Crippen molar-refractivity contribution in [3.63, 3.8) is 0 Å².